The number of amides is 3. The molecule has 170 valence electrons. The number of hydrogen-bond acceptors (Lipinski definition) is 7. The summed E-state index contributed by atoms with van der Waals surface area (Å²) in [4.78, 5) is 67.5. The molecule has 4 unspecified atom stereocenters. The Hall–Kier alpha value is -3.48. The van der Waals surface area contributed by atoms with Gasteiger partial charge in [-0.2, -0.15) is 0 Å². The number of carbonyl (C=O) groups is 5. The third-order valence-electron chi connectivity index (χ3n) is 4.90. The van der Waals surface area contributed by atoms with E-state index in [0.717, 1.165) is 0 Å². The number of carbonyl (C=O) groups excluding carboxylic acids is 3. The molecule has 1 saturated heterocycles. The first kappa shape index (κ1) is 23.8. The van der Waals surface area contributed by atoms with Crippen molar-refractivity contribution >= 4 is 29.7 Å². The molecule has 7 N–H and O–H groups in total. The normalized spacial score (nSPS) is 18.6. The molecule has 2 rings (SSSR count). The van der Waals surface area contributed by atoms with E-state index in [-0.39, 0.29) is 6.42 Å². The first-order chi connectivity index (χ1) is 14.6. The van der Waals surface area contributed by atoms with Crippen LogP contribution in [0.4, 0.5) is 0 Å². The van der Waals surface area contributed by atoms with Gasteiger partial charge in [0.25, 0.3) is 0 Å². The third-order valence-corrected chi connectivity index (χ3v) is 4.90. The summed E-state index contributed by atoms with van der Waals surface area (Å²) in [5.41, 5.74) is 6.67. The maximum Gasteiger partial charge on any atom is 0.326 e. The van der Waals surface area contributed by atoms with E-state index < -0.39 is 60.2 Å². The number of rotatable bonds is 10. The number of likely N-dealkylation sites (tertiary alicyclic amines) is 1. The fourth-order valence-electron chi connectivity index (χ4n) is 3.28. The molecular formula is C18H26N6O7. The van der Waals surface area contributed by atoms with Crippen LogP contribution in [0.25, 0.3) is 0 Å². The van der Waals surface area contributed by atoms with Crippen molar-refractivity contribution in [3.05, 3.63) is 18.2 Å². The van der Waals surface area contributed by atoms with Crippen molar-refractivity contribution in [3.8, 4) is 0 Å². The first-order valence-corrected chi connectivity index (χ1v) is 9.68. The minimum Gasteiger partial charge on any atom is -0.481 e. The summed E-state index contributed by atoms with van der Waals surface area (Å²) in [6, 6.07) is -4.46. The largest absolute Gasteiger partial charge is 0.481 e. The summed E-state index contributed by atoms with van der Waals surface area (Å²) in [5, 5.41) is 22.3. The van der Waals surface area contributed by atoms with E-state index in [0.29, 0.717) is 25.1 Å². The van der Waals surface area contributed by atoms with Crippen molar-refractivity contribution in [2.75, 3.05) is 6.54 Å². The number of aromatic nitrogens is 2. The summed E-state index contributed by atoms with van der Waals surface area (Å²) in [6.07, 6.45) is 3.41. The van der Waals surface area contributed by atoms with Crippen molar-refractivity contribution in [1.29, 1.82) is 0 Å². The standard InChI is InChI=1S/C18H26N6O7/c1-9(15(27)23-12(18(30)31)6-14(25)26)22-16(28)13-3-2-4-24(13)17(29)11(19)5-10-7-20-8-21-10/h7-9,11-13H,2-6,19H2,1H3,(H,20,21)(H,22,28)(H,23,27)(H,25,26)(H,30,31). The van der Waals surface area contributed by atoms with Gasteiger partial charge < -0.3 is 36.5 Å². The van der Waals surface area contributed by atoms with Gasteiger partial charge in [0.1, 0.15) is 18.1 Å². The molecule has 1 fully saturated rings. The van der Waals surface area contributed by atoms with Crippen LogP contribution in [0, 0.1) is 0 Å². The van der Waals surface area contributed by atoms with Crippen molar-refractivity contribution in [2.45, 2.75) is 56.8 Å². The van der Waals surface area contributed by atoms with Gasteiger partial charge in [0.2, 0.25) is 17.7 Å². The topological polar surface area (TPSA) is 208 Å². The van der Waals surface area contributed by atoms with E-state index in [1.54, 1.807) is 6.20 Å². The molecule has 31 heavy (non-hydrogen) atoms. The fraction of sp³-hybridized carbons (Fsp3) is 0.556. The Balaban J connectivity index is 1.94. The molecule has 1 aliphatic heterocycles. The molecule has 1 aromatic rings. The molecular weight excluding hydrogens is 412 g/mol. The fourth-order valence-corrected chi connectivity index (χ4v) is 3.28. The summed E-state index contributed by atoms with van der Waals surface area (Å²) >= 11 is 0. The molecule has 0 spiro atoms. The van der Waals surface area contributed by atoms with Crippen LogP contribution in [-0.4, -0.2) is 85.5 Å². The molecule has 1 aliphatic rings. The number of carboxylic acid groups (broad SMARTS) is 2. The lowest BCUT2D eigenvalue weighted by atomic mass is 10.1. The van der Waals surface area contributed by atoms with Gasteiger partial charge >= 0.3 is 11.9 Å². The summed E-state index contributed by atoms with van der Waals surface area (Å²) in [6.45, 7) is 1.67. The second kappa shape index (κ2) is 10.5. The van der Waals surface area contributed by atoms with E-state index in [1.807, 2.05) is 0 Å². The average molecular weight is 438 g/mol. The van der Waals surface area contributed by atoms with E-state index in [9.17, 15) is 24.0 Å². The lowest BCUT2D eigenvalue weighted by molar-refractivity contribution is -0.147. The Morgan fingerprint density at radius 2 is 2.00 bits per heavy atom. The Kier molecular flexibility index (Phi) is 8.07. The molecule has 0 aliphatic carbocycles. The van der Waals surface area contributed by atoms with Gasteiger partial charge in [-0.15, -0.1) is 0 Å². The Morgan fingerprint density at radius 1 is 1.29 bits per heavy atom. The van der Waals surface area contributed by atoms with E-state index >= 15 is 0 Å². The van der Waals surface area contributed by atoms with Crippen LogP contribution in [0.1, 0.15) is 31.9 Å². The van der Waals surface area contributed by atoms with Gasteiger partial charge in [0.15, 0.2) is 0 Å². The Morgan fingerprint density at radius 3 is 2.58 bits per heavy atom. The van der Waals surface area contributed by atoms with Crippen LogP contribution < -0.4 is 16.4 Å². The third kappa shape index (κ3) is 6.50. The smallest absolute Gasteiger partial charge is 0.326 e. The summed E-state index contributed by atoms with van der Waals surface area (Å²) in [7, 11) is 0. The second-order valence-corrected chi connectivity index (χ2v) is 7.30. The highest BCUT2D eigenvalue weighted by atomic mass is 16.4. The van der Waals surface area contributed by atoms with Gasteiger partial charge in [-0.05, 0) is 19.8 Å². The van der Waals surface area contributed by atoms with Crippen LogP contribution in [-0.2, 0) is 30.4 Å². The van der Waals surface area contributed by atoms with Crippen LogP contribution in [0.5, 0.6) is 0 Å². The van der Waals surface area contributed by atoms with Gasteiger partial charge in [-0.25, -0.2) is 9.78 Å². The summed E-state index contributed by atoms with van der Waals surface area (Å²) in [5.74, 6) is -4.73. The average Bonchev–Trinajstić information content (AvgIpc) is 3.38. The highest BCUT2D eigenvalue weighted by molar-refractivity contribution is 5.94. The quantitative estimate of drug-likeness (QED) is 0.234. The first-order valence-electron chi connectivity index (χ1n) is 9.68. The number of hydrogen-bond donors (Lipinski definition) is 6. The summed E-state index contributed by atoms with van der Waals surface area (Å²) < 4.78 is 0. The number of H-pyrrole nitrogens is 1. The predicted octanol–water partition coefficient (Wildman–Crippen LogP) is -2.18. The molecule has 13 heteroatoms. The van der Waals surface area contributed by atoms with Gasteiger partial charge in [0, 0.05) is 24.9 Å². The van der Waals surface area contributed by atoms with Crippen LogP contribution in [0.15, 0.2) is 12.5 Å². The lowest BCUT2D eigenvalue weighted by Crippen LogP contribution is -2.56. The van der Waals surface area contributed by atoms with E-state index in [4.69, 9.17) is 15.9 Å². The molecule has 0 radical (unpaired) electrons. The second-order valence-electron chi connectivity index (χ2n) is 7.30. The van der Waals surface area contributed by atoms with Crippen LogP contribution >= 0.6 is 0 Å². The maximum atomic E-state index is 12.7. The predicted molar refractivity (Wildman–Crippen MR) is 104 cm³/mol. The SMILES string of the molecule is CC(NC(=O)C1CCCN1C(=O)C(N)Cc1cnc[nH]1)C(=O)NC(CC(=O)O)C(=O)O. The van der Waals surface area contributed by atoms with Crippen molar-refractivity contribution < 1.29 is 34.2 Å². The lowest BCUT2D eigenvalue weighted by Gasteiger charge is -2.27. The number of nitrogens with zero attached hydrogens (tertiary/aromatic N) is 2. The number of carboxylic acids is 2. The minimum atomic E-state index is -1.63. The van der Waals surface area contributed by atoms with E-state index in [2.05, 4.69) is 20.6 Å². The molecule has 0 saturated carbocycles. The molecule has 0 aromatic carbocycles. The molecule has 2 heterocycles. The molecule has 0 bridgehead atoms. The Bertz CT molecular complexity index is 827. The number of imidazole rings is 1. The van der Waals surface area contributed by atoms with E-state index in [1.165, 1.54) is 18.2 Å². The zero-order chi connectivity index (χ0) is 23.1. The van der Waals surface area contributed by atoms with Crippen molar-refractivity contribution in [2.24, 2.45) is 5.73 Å². The molecule has 13 nitrogen and oxygen atoms in total. The van der Waals surface area contributed by atoms with Crippen LogP contribution in [0.3, 0.4) is 0 Å². The monoisotopic (exact) mass is 438 g/mol. The minimum absolute atomic E-state index is 0.225. The molecule has 3 amide bonds. The number of nitrogens with one attached hydrogen (secondary N) is 3. The molecule has 1 aromatic heterocycles. The zero-order valence-electron chi connectivity index (χ0n) is 16.9. The number of nitrogens with two attached hydrogens (primary N) is 1. The van der Waals surface area contributed by atoms with Crippen molar-refractivity contribution in [1.82, 2.24) is 25.5 Å². The van der Waals surface area contributed by atoms with Gasteiger partial charge in [-0.1, -0.05) is 0 Å². The highest BCUT2D eigenvalue weighted by Gasteiger charge is 2.37. The number of aliphatic carboxylic acids is 2. The van der Waals surface area contributed by atoms with Crippen LogP contribution in [0.2, 0.25) is 0 Å². The number of aromatic amines is 1. The van der Waals surface area contributed by atoms with Gasteiger partial charge in [-0.3, -0.25) is 19.2 Å². The molecule has 4 atom stereocenters. The van der Waals surface area contributed by atoms with Crippen molar-refractivity contribution in [3.63, 3.8) is 0 Å². The maximum absolute atomic E-state index is 12.7. The van der Waals surface area contributed by atoms with Gasteiger partial charge in [0.05, 0.1) is 18.8 Å². The Labute approximate surface area is 177 Å². The zero-order valence-corrected chi connectivity index (χ0v) is 16.9. The highest BCUT2D eigenvalue weighted by Crippen LogP contribution is 2.19.